The average Bonchev–Trinajstić information content (AvgIpc) is 3.00. The number of amides is 1. The third kappa shape index (κ3) is 2.15. The fourth-order valence-corrected chi connectivity index (χ4v) is 3.06. The number of β-amino-alcohol motifs (C(OH)–C–C–N with tert-alkyl or cyclic N) is 1. The number of hydrogen-bond acceptors (Lipinski definition) is 4. The molecule has 2 aliphatic rings. The second-order valence-electron chi connectivity index (χ2n) is 5.60. The van der Waals surface area contributed by atoms with Gasteiger partial charge >= 0.3 is 0 Å². The van der Waals surface area contributed by atoms with Gasteiger partial charge in [-0.2, -0.15) is 5.10 Å². The first kappa shape index (κ1) is 12.6. The van der Waals surface area contributed by atoms with E-state index < -0.39 is 5.60 Å². The van der Waals surface area contributed by atoms with Crippen molar-refractivity contribution in [2.75, 3.05) is 19.7 Å². The molecule has 0 saturated carbocycles. The molecular weight excluding hydrogens is 246 g/mol. The van der Waals surface area contributed by atoms with Crippen LogP contribution in [0.1, 0.15) is 41.0 Å². The summed E-state index contributed by atoms with van der Waals surface area (Å²) in [6.45, 7) is 0.488. The number of aryl methyl sites for hydroxylation is 1. The van der Waals surface area contributed by atoms with Gasteiger partial charge in [0.1, 0.15) is 5.60 Å². The first-order valence-corrected chi connectivity index (χ1v) is 6.82. The molecule has 0 aromatic carbocycles. The van der Waals surface area contributed by atoms with E-state index in [1.165, 1.54) is 0 Å². The first-order valence-electron chi connectivity index (χ1n) is 6.82. The molecule has 6 heteroatoms. The van der Waals surface area contributed by atoms with Gasteiger partial charge in [0.25, 0.3) is 5.91 Å². The van der Waals surface area contributed by atoms with Crippen LogP contribution in [0.2, 0.25) is 0 Å². The molecule has 0 spiro atoms. The summed E-state index contributed by atoms with van der Waals surface area (Å²) in [6, 6.07) is 0. The molecule has 1 aromatic heterocycles. The van der Waals surface area contributed by atoms with Crippen LogP contribution in [0.3, 0.4) is 0 Å². The third-order valence-corrected chi connectivity index (χ3v) is 4.15. The summed E-state index contributed by atoms with van der Waals surface area (Å²) in [5.74, 6) is -0.133. The Bertz CT molecular complexity index is 499. The van der Waals surface area contributed by atoms with Crippen LogP contribution in [-0.2, 0) is 12.8 Å². The minimum Gasteiger partial charge on any atom is -0.393 e. The predicted octanol–water partition coefficient (Wildman–Crippen LogP) is -0.142. The van der Waals surface area contributed by atoms with E-state index >= 15 is 0 Å². The quantitative estimate of drug-likeness (QED) is 0.694. The van der Waals surface area contributed by atoms with E-state index in [1.54, 1.807) is 4.90 Å². The molecule has 6 nitrogen and oxygen atoms in total. The highest BCUT2D eigenvalue weighted by Crippen LogP contribution is 2.26. The van der Waals surface area contributed by atoms with Crippen molar-refractivity contribution in [3.63, 3.8) is 0 Å². The zero-order valence-corrected chi connectivity index (χ0v) is 10.9. The maximum absolute atomic E-state index is 12.5. The van der Waals surface area contributed by atoms with Crippen LogP contribution < -0.4 is 0 Å². The molecule has 0 radical (unpaired) electrons. The number of nitrogens with one attached hydrogen (secondary N) is 1. The molecule has 1 aromatic rings. The number of carbonyl (C=O) groups is 1. The lowest BCUT2D eigenvalue weighted by molar-refractivity contribution is -0.0599. The highest BCUT2D eigenvalue weighted by molar-refractivity contribution is 5.94. The smallest absolute Gasteiger partial charge is 0.274 e. The number of likely N-dealkylation sites (tertiary alicyclic amines) is 1. The van der Waals surface area contributed by atoms with Crippen LogP contribution >= 0.6 is 0 Å². The van der Waals surface area contributed by atoms with Crippen molar-refractivity contribution in [1.82, 2.24) is 15.1 Å². The minimum atomic E-state index is -1.16. The molecule has 104 valence electrons. The van der Waals surface area contributed by atoms with Gasteiger partial charge < -0.3 is 15.1 Å². The zero-order valence-electron chi connectivity index (χ0n) is 10.9. The molecule has 1 fully saturated rings. The number of nitrogens with zero attached hydrogens (tertiary/aromatic N) is 2. The number of rotatable bonds is 2. The normalized spacial score (nSPS) is 26.5. The summed E-state index contributed by atoms with van der Waals surface area (Å²) in [5, 5.41) is 26.4. The van der Waals surface area contributed by atoms with Gasteiger partial charge in [-0.15, -0.1) is 0 Å². The number of aliphatic hydroxyl groups is 2. The van der Waals surface area contributed by atoms with E-state index in [2.05, 4.69) is 10.2 Å². The van der Waals surface area contributed by atoms with Crippen LogP contribution in [0.15, 0.2) is 0 Å². The molecule has 0 bridgehead atoms. The Kier molecular flexibility index (Phi) is 3.06. The molecule has 2 heterocycles. The van der Waals surface area contributed by atoms with Gasteiger partial charge in [-0.3, -0.25) is 9.89 Å². The van der Waals surface area contributed by atoms with Crippen LogP contribution in [0.5, 0.6) is 0 Å². The average molecular weight is 265 g/mol. The predicted molar refractivity (Wildman–Crippen MR) is 67.8 cm³/mol. The van der Waals surface area contributed by atoms with Crippen LogP contribution in [0, 0.1) is 0 Å². The summed E-state index contributed by atoms with van der Waals surface area (Å²) >= 11 is 0. The molecule has 1 amide bonds. The van der Waals surface area contributed by atoms with E-state index in [9.17, 15) is 15.0 Å². The van der Waals surface area contributed by atoms with Gasteiger partial charge in [0, 0.05) is 17.8 Å². The van der Waals surface area contributed by atoms with Gasteiger partial charge in [-0.05, 0) is 32.1 Å². The molecule has 1 aliphatic heterocycles. The Morgan fingerprint density at radius 3 is 3.05 bits per heavy atom. The molecule has 1 atom stereocenters. The Morgan fingerprint density at radius 1 is 1.42 bits per heavy atom. The molecule has 3 N–H and O–H groups in total. The maximum Gasteiger partial charge on any atom is 0.274 e. The molecular formula is C13H19N3O3. The highest BCUT2D eigenvalue weighted by Gasteiger charge is 2.36. The van der Waals surface area contributed by atoms with Crippen LogP contribution in [0.4, 0.5) is 0 Å². The van der Waals surface area contributed by atoms with Crippen molar-refractivity contribution in [3.05, 3.63) is 17.0 Å². The minimum absolute atomic E-state index is 0.133. The van der Waals surface area contributed by atoms with Gasteiger partial charge in [-0.25, -0.2) is 0 Å². The number of hydrogen-bond donors (Lipinski definition) is 3. The number of fused-ring (bicyclic) bond motifs is 1. The van der Waals surface area contributed by atoms with Crippen molar-refractivity contribution in [1.29, 1.82) is 0 Å². The first-order chi connectivity index (χ1) is 9.13. The lowest BCUT2D eigenvalue weighted by Gasteiger charge is -2.37. The second kappa shape index (κ2) is 4.61. The van der Waals surface area contributed by atoms with Gasteiger partial charge in [0.2, 0.25) is 0 Å². The lowest BCUT2D eigenvalue weighted by Crippen LogP contribution is -2.52. The Morgan fingerprint density at radius 2 is 2.26 bits per heavy atom. The SMILES string of the molecule is O=C(c1n[nH]c2c1CCC2)N1CCCC(O)(CO)C1. The van der Waals surface area contributed by atoms with Crippen LogP contribution in [0.25, 0.3) is 0 Å². The van der Waals surface area contributed by atoms with Gasteiger partial charge in [0.15, 0.2) is 5.69 Å². The van der Waals surface area contributed by atoms with Crippen molar-refractivity contribution >= 4 is 5.91 Å². The number of carbonyl (C=O) groups excluding carboxylic acids is 1. The monoisotopic (exact) mass is 265 g/mol. The van der Waals surface area contributed by atoms with Gasteiger partial charge in [0.05, 0.1) is 13.2 Å². The molecule has 1 aliphatic carbocycles. The fourth-order valence-electron chi connectivity index (χ4n) is 3.06. The molecule has 1 unspecified atom stereocenters. The fraction of sp³-hybridized carbons (Fsp3) is 0.692. The Labute approximate surface area is 111 Å². The van der Waals surface area contributed by atoms with E-state index in [0.29, 0.717) is 25.1 Å². The summed E-state index contributed by atoms with van der Waals surface area (Å²) in [5.41, 5.74) is 1.43. The number of aromatic amines is 1. The summed E-state index contributed by atoms with van der Waals surface area (Å²) in [7, 11) is 0. The van der Waals surface area contributed by atoms with Gasteiger partial charge in [-0.1, -0.05) is 0 Å². The van der Waals surface area contributed by atoms with E-state index in [1.807, 2.05) is 0 Å². The van der Waals surface area contributed by atoms with Crippen molar-refractivity contribution < 1.29 is 15.0 Å². The number of aromatic nitrogens is 2. The second-order valence-corrected chi connectivity index (χ2v) is 5.60. The number of piperidine rings is 1. The third-order valence-electron chi connectivity index (χ3n) is 4.15. The summed E-state index contributed by atoms with van der Waals surface area (Å²) < 4.78 is 0. The maximum atomic E-state index is 12.5. The van der Waals surface area contributed by atoms with Crippen molar-refractivity contribution in [3.8, 4) is 0 Å². The largest absolute Gasteiger partial charge is 0.393 e. The lowest BCUT2D eigenvalue weighted by atomic mass is 9.93. The Balaban J connectivity index is 1.80. The van der Waals surface area contributed by atoms with Crippen molar-refractivity contribution in [2.45, 2.75) is 37.7 Å². The Hall–Kier alpha value is -1.40. The number of H-pyrrole nitrogens is 1. The standard InChI is InChI=1S/C13H19N3O3/c17-8-13(19)5-2-6-16(7-13)12(18)11-9-3-1-4-10(9)14-15-11/h17,19H,1-8H2,(H,14,15). The molecule has 3 rings (SSSR count). The molecule has 19 heavy (non-hydrogen) atoms. The summed E-state index contributed by atoms with van der Waals surface area (Å²) in [6.07, 6.45) is 4.15. The number of aliphatic hydroxyl groups excluding tert-OH is 1. The topological polar surface area (TPSA) is 89.5 Å². The molecule has 1 saturated heterocycles. The van der Waals surface area contributed by atoms with Crippen molar-refractivity contribution in [2.24, 2.45) is 0 Å². The van der Waals surface area contributed by atoms with Crippen LogP contribution in [-0.4, -0.2) is 56.5 Å². The van der Waals surface area contributed by atoms with E-state index in [-0.39, 0.29) is 19.1 Å². The zero-order chi connectivity index (χ0) is 13.5. The highest BCUT2D eigenvalue weighted by atomic mass is 16.3. The van der Waals surface area contributed by atoms with E-state index in [4.69, 9.17) is 0 Å². The van der Waals surface area contributed by atoms with E-state index in [0.717, 1.165) is 30.5 Å². The summed E-state index contributed by atoms with van der Waals surface area (Å²) in [4.78, 5) is 14.1.